The monoisotopic (exact) mass is 221 g/mol. The summed E-state index contributed by atoms with van der Waals surface area (Å²) in [5, 5.41) is 3.53. The van der Waals surface area contributed by atoms with Crippen molar-refractivity contribution in [3.05, 3.63) is 18.2 Å². The standard InChI is InChI=1S/C12H19N3O/c1-2-11(1)14-6-12-5-13-9-15(12)7-10-3-4-16-8-10/h5,9-11,14H,1-4,6-8H2. The molecule has 2 aliphatic rings. The van der Waals surface area contributed by atoms with Crippen LogP contribution < -0.4 is 5.32 Å². The highest BCUT2D eigenvalue weighted by Gasteiger charge is 2.21. The summed E-state index contributed by atoms with van der Waals surface area (Å²) in [7, 11) is 0. The van der Waals surface area contributed by atoms with Gasteiger partial charge in [-0.15, -0.1) is 0 Å². The Bertz CT molecular complexity index is 340. The predicted octanol–water partition coefficient (Wildman–Crippen LogP) is 1.17. The first kappa shape index (κ1) is 10.3. The van der Waals surface area contributed by atoms with Crippen molar-refractivity contribution in [2.75, 3.05) is 13.2 Å². The molecule has 1 aliphatic carbocycles. The topological polar surface area (TPSA) is 39.1 Å². The van der Waals surface area contributed by atoms with Crippen LogP contribution >= 0.6 is 0 Å². The Morgan fingerprint density at radius 2 is 2.38 bits per heavy atom. The van der Waals surface area contributed by atoms with Crippen LogP contribution in [-0.2, 0) is 17.8 Å². The minimum absolute atomic E-state index is 0.675. The molecule has 2 heterocycles. The maximum Gasteiger partial charge on any atom is 0.0948 e. The molecule has 1 saturated carbocycles. The lowest BCUT2D eigenvalue weighted by molar-refractivity contribution is 0.182. The number of nitrogens with zero attached hydrogens (tertiary/aromatic N) is 2. The molecule has 1 unspecified atom stereocenters. The molecule has 0 aromatic carbocycles. The van der Waals surface area contributed by atoms with E-state index in [0.717, 1.165) is 32.3 Å². The van der Waals surface area contributed by atoms with Crippen LogP contribution in [0.15, 0.2) is 12.5 Å². The molecular formula is C12H19N3O. The van der Waals surface area contributed by atoms with Crippen LogP contribution in [0.1, 0.15) is 25.0 Å². The molecule has 1 aromatic heterocycles. The van der Waals surface area contributed by atoms with Gasteiger partial charge in [-0.2, -0.15) is 0 Å². The first-order valence-electron chi connectivity index (χ1n) is 6.22. The Kier molecular flexibility index (Phi) is 2.93. The summed E-state index contributed by atoms with van der Waals surface area (Å²) >= 11 is 0. The van der Waals surface area contributed by atoms with Gasteiger partial charge in [0.05, 0.1) is 18.6 Å². The Labute approximate surface area is 96.0 Å². The maximum absolute atomic E-state index is 5.40. The Balaban J connectivity index is 1.57. The fourth-order valence-corrected chi connectivity index (χ4v) is 2.20. The molecule has 1 aliphatic heterocycles. The van der Waals surface area contributed by atoms with Crippen molar-refractivity contribution in [2.24, 2.45) is 5.92 Å². The highest BCUT2D eigenvalue weighted by atomic mass is 16.5. The summed E-state index contributed by atoms with van der Waals surface area (Å²) in [5.41, 5.74) is 1.30. The fourth-order valence-electron chi connectivity index (χ4n) is 2.20. The third-order valence-corrected chi connectivity index (χ3v) is 3.43. The van der Waals surface area contributed by atoms with E-state index in [1.54, 1.807) is 0 Å². The molecule has 4 heteroatoms. The normalized spacial score (nSPS) is 25.1. The van der Waals surface area contributed by atoms with Crippen LogP contribution in [0, 0.1) is 5.92 Å². The summed E-state index contributed by atoms with van der Waals surface area (Å²) in [6, 6.07) is 0.762. The molecule has 3 rings (SSSR count). The largest absolute Gasteiger partial charge is 0.381 e. The maximum atomic E-state index is 5.40. The van der Waals surface area contributed by atoms with Gasteiger partial charge < -0.3 is 14.6 Å². The van der Waals surface area contributed by atoms with Gasteiger partial charge in [-0.05, 0) is 19.3 Å². The van der Waals surface area contributed by atoms with E-state index < -0.39 is 0 Å². The molecule has 0 bridgehead atoms. The minimum atomic E-state index is 0.675. The Morgan fingerprint density at radius 1 is 1.44 bits per heavy atom. The van der Waals surface area contributed by atoms with E-state index in [9.17, 15) is 0 Å². The van der Waals surface area contributed by atoms with Crippen LogP contribution in [0.4, 0.5) is 0 Å². The van der Waals surface area contributed by atoms with Gasteiger partial charge in [0.15, 0.2) is 0 Å². The van der Waals surface area contributed by atoms with Crippen LogP contribution in [0.25, 0.3) is 0 Å². The van der Waals surface area contributed by atoms with Gasteiger partial charge in [-0.1, -0.05) is 0 Å². The van der Waals surface area contributed by atoms with Gasteiger partial charge in [-0.25, -0.2) is 4.98 Å². The van der Waals surface area contributed by atoms with E-state index >= 15 is 0 Å². The van der Waals surface area contributed by atoms with Crippen molar-refractivity contribution < 1.29 is 4.74 Å². The number of imidazole rings is 1. The lowest BCUT2D eigenvalue weighted by Gasteiger charge is -2.12. The fraction of sp³-hybridized carbons (Fsp3) is 0.750. The zero-order chi connectivity index (χ0) is 10.8. The summed E-state index contributed by atoms with van der Waals surface area (Å²) < 4.78 is 7.68. The highest BCUT2D eigenvalue weighted by molar-refractivity contribution is 4.99. The molecule has 0 amide bonds. The lowest BCUT2D eigenvalue weighted by Crippen LogP contribution is -2.19. The third-order valence-electron chi connectivity index (χ3n) is 3.43. The first-order valence-corrected chi connectivity index (χ1v) is 6.22. The number of hydrogen-bond acceptors (Lipinski definition) is 3. The second kappa shape index (κ2) is 4.55. The molecule has 88 valence electrons. The quantitative estimate of drug-likeness (QED) is 0.811. The summed E-state index contributed by atoms with van der Waals surface area (Å²) in [4.78, 5) is 4.24. The number of ether oxygens (including phenoxy) is 1. The number of aromatic nitrogens is 2. The number of rotatable bonds is 5. The zero-order valence-electron chi connectivity index (χ0n) is 9.56. The Hall–Kier alpha value is -0.870. The lowest BCUT2D eigenvalue weighted by atomic mass is 10.1. The van der Waals surface area contributed by atoms with E-state index in [2.05, 4.69) is 14.9 Å². The van der Waals surface area contributed by atoms with Gasteiger partial charge in [0.2, 0.25) is 0 Å². The molecule has 1 aromatic rings. The molecule has 0 radical (unpaired) electrons. The molecule has 1 atom stereocenters. The second-order valence-corrected chi connectivity index (χ2v) is 4.92. The molecule has 1 N–H and O–H groups in total. The summed E-state index contributed by atoms with van der Waals surface area (Å²) in [6.45, 7) is 3.85. The van der Waals surface area contributed by atoms with Crippen LogP contribution in [0.3, 0.4) is 0 Å². The van der Waals surface area contributed by atoms with Crippen molar-refractivity contribution in [1.29, 1.82) is 0 Å². The molecule has 4 nitrogen and oxygen atoms in total. The highest BCUT2D eigenvalue weighted by Crippen LogP contribution is 2.20. The van der Waals surface area contributed by atoms with E-state index in [4.69, 9.17) is 4.74 Å². The number of nitrogens with one attached hydrogen (secondary N) is 1. The number of hydrogen-bond donors (Lipinski definition) is 1. The van der Waals surface area contributed by atoms with E-state index in [-0.39, 0.29) is 0 Å². The zero-order valence-corrected chi connectivity index (χ0v) is 9.56. The molecule has 2 fully saturated rings. The van der Waals surface area contributed by atoms with E-state index in [0.29, 0.717) is 5.92 Å². The van der Waals surface area contributed by atoms with Gasteiger partial charge >= 0.3 is 0 Å². The molecular weight excluding hydrogens is 202 g/mol. The van der Waals surface area contributed by atoms with E-state index in [1.165, 1.54) is 25.0 Å². The van der Waals surface area contributed by atoms with Gasteiger partial charge in [-0.3, -0.25) is 0 Å². The van der Waals surface area contributed by atoms with E-state index in [1.807, 2.05) is 12.5 Å². The second-order valence-electron chi connectivity index (χ2n) is 4.92. The van der Waals surface area contributed by atoms with Crippen LogP contribution in [0.5, 0.6) is 0 Å². The summed E-state index contributed by atoms with van der Waals surface area (Å²) in [6.07, 6.45) is 7.79. The third kappa shape index (κ3) is 2.44. The summed E-state index contributed by atoms with van der Waals surface area (Å²) in [5.74, 6) is 0.675. The van der Waals surface area contributed by atoms with Crippen LogP contribution in [-0.4, -0.2) is 28.8 Å². The Morgan fingerprint density at radius 3 is 3.12 bits per heavy atom. The van der Waals surface area contributed by atoms with Gasteiger partial charge in [0, 0.05) is 37.9 Å². The van der Waals surface area contributed by atoms with Crippen molar-refractivity contribution in [3.63, 3.8) is 0 Å². The van der Waals surface area contributed by atoms with Gasteiger partial charge in [0.1, 0.15) is 0 Å². The van der Waals surface area contributed by atoms with Crippen molar-refractivity contribution in [3.8, 4) is 0 Å². The molecule has 0 spiro atoms. The smallest absolute Gasteiger partial charge is 0.0948 e. The molecule has 1 saturated heterocycles. The van der Waals surface area contributed by atoms with Crippen molar-refractivity contribution >= 4 is 0 Å². The van der Waals surface area contributed by atoms with Gasteiger partial charge in [0.25, 0.3) is 0 Å². The molecule has 16 heavy (non-hydrogen) atoms. The van der Waals surface area contributed by atoms with Crippen LogP contribution in [0.2, 0.25) is 0 Å². The average Bonchev–Trinajstić information content (AvgIpc) is 2.79. The predicted molar refractivity (Wildman–Crippen MR) is 61.0 cm³/mol. The van der Waals surface area contributed by atoms with Crippen molar-refractivity contribution in [1.82, 2.24) is 14.9 Å². The first-order chi connectivity index (χ1) is 7.92. The van der Waals surface area contributed by atoms with Crippen molar-refractivity contribution in [2.45, 2.75) is 38.4 Å². The SMILES string of the molecule is c1ncn(CC2CCOC2)c1CNC1CC1. The average molecular weight is 221 g/mol. The minimum Gasteiger partial charge on any atom is -0.381 e.